The quantitative estimate of drug-likeness (QED) is 0.911. The van der Waals surface area contributed by atoms with E-state index in [0.717, 1.165) is 18.6 Å². The molecule has 1 aromatic rings. The maximum atomic E-state index is 12.0. The number of carbonyl (C=O) groups is 1. The number of ether oxygens (including phenoxy) is 1. The summed E-state index contributed by atoms with van der Waals surface area (Å²) >= 11 is 0. The summed E-state index contributed by atoms with van der Waals surface area (Å²) in [4.78, 5) is 13.6. The molecule has 0 bridgehead atoms. The lowest BCUT2D eigenvalue weighted by molar-refractivity contribution is -0.274. The first kappa shape index (κ1) is 16.6. The topological polar surface area (TPSA) is 55.6 Å². The Labute approximate surface area is 120 Å². The Morgan fingerprint density at radius 2 is 1.90 bits per heavy atom. The summed E-state index contributed by atoms with van der Waals surface area (Å²) in [6, 6.07) is 4.84. The summed E-state index contributed by atoms with van der Waals surface area (Å²) < 4.78 is 39.7. The van der Waals surface area contributed by atoms with E-state index in [4.69, 9.17) is 5.73 Å². The van der Waals surface area contributed by atoms with Crippen molar-refractivity contribution in [3.05, 3.63) is 29.8 Å². The van der Waals surface area contributed by atoms with Crippen molar-refractivity contribution in [3.8, 4) is 5.75 Å². The minimum absolute atomic E-state index is 0. The van der Waals surface area contributed by atoms with Gasteiger partial charge in [-0.15, -0.1) is 25.6 Å². The molecule has 0 aromatic heterocycles. The summed E-state index contributed by atoms with van der Waals surface area (Å²) in [5, 5.41) is 0. The molecule has 1 saturated heterocycles. The Balaban J connectivity index is 0.00000200. The smallest absolute Gasteiger partial charge is 0.406 e. The first-order valence-corrected chi connectivity index (χ1v) is 5.76. The Morgan fingerprint density at radius 1 is 1.30 bits per heavy atom. The SMILES string of the molecule is Cl.N[C@@H]1CCN(C(=O)c2ccc(OC(F)(F)F)cc2)C1. The highest BCUT2D eigenvalue weighted by Gasteiger charge is 2.31. The first-order valence-electron chi connectivity index (χ1n) is 5.76. The molecule has 1 aliphatic rings. The molecule has 8 heteroatoms. The highest BCUT2D eigenvalue weighted by Crippen LogP contribution is 2.23. The van der Waals surface area contributed by atoms with Gasteiger partial charge in [0.25, 0.3) is 5.91 Å². The molecule has 1 heterocycles. The van der Waals surface area contributed by atoms with Gasteiger partial charge in [-0.3, -0.25) is 4.79 Å². The van der Waals surface area contributed by atoms with E-state index in [-0.39, 0.29) is 30.1 Å². The molecule has 0 radical (unpaired) electrons. The largest absolute Gasteiger partial charge is 0.573 e. The third kappa shape index (κ3) is 4.28. The second-order valence-corrected chi connectivity index (χ2v) is 4.37. The molecule has 0 unspecified atom stereocenters. The molecule has 0 saturated carbocycles. The average molecular weight is 311 g/mol. The number of hydrogen-bond acceptors (Lipinski definition) is 3. The molecule has 1 aliphatic heterocycles. The van der Waals surface area contributed by atoms with Crippen LogP contribution in [-0.4, -0.2) is 36.3 Å². The number of alkyl halides is 3. The number of nitrogens with zero attached hydrogens (tertiary/aromatic N) is 1. The van der Waals surface area contributed by atoms with Crippen LogP contribution in [0.2, 0.25) is 0 Å². The molecule has 112 valence electrons. The number of carbonyl (C=O) groups excluding carboxylic acids is 1. The van der Waals surface area contributed by atoms with Gasteiger partial charge in [0, 0.05) is 24.7 Å². The Morgan fingerprint density at radius 3 is 2.35 bits per heavy atom. The minimum Gasteiger partial charge on any atom is -0.406 e. The fourth-order valence-corrected chi connectivity index (χ4v) is 1.95. The molecule has 0 spiro atoms. The highest BCUT2D eigenvalue weighted by atomic mass is 35.5. The molecular weight excluding hydrogens is 297 g/mol. The van der Waals surface area contributed by atoms with E-state index in [2.05, 4.69) is 4.74 Å². The number of benzene rings is 1. The van der Waals surface area contributed by atoms with Crippen molar-refractivity contribution >= 4 is 18.3 Å². The van der Waals surface area contributed by atoms with E-state index in [1.165, 1.54) is 12.1 Å². The van der Waals surface area contributed by atoms with E-state index in [9.17, 15) is 18.0 Å². The maximum absolute atomic E-state index is 12.0. The zero-order valence-corrected chi connectivity index (χ0v) is 11.2. The van der Waals surface area contributed by atoms with Crippen molar-refractivity contribution in [2.24, 2.45) is 5.73 Å². The first-order chi connectivity index (χ1) is 8.85. The van der Waals surface area contributed by atoms with Crippen LogP contribution in [0.15, 0.2) is 24.3 Å². The standard InChI is InChI=1S/C12H13F3N2O2.ClH/c13-12(14,15)19-10-3-1-8(2-4-10)11(18)17-6-5-9(16)7-17;/h1-4,9H,5-7,16H2;1H/t9-;/m1./s1. The lowest BCUT2D eigenvalue weighted by atomic mass is 10.2. The number of halogens is 4. The van der Waals surface area contributed by atoms with Crippen LogP contribution in [0.3, 0.4) is 0 Å². The molecule has 4 nitrogen and oxygen atoms in total. The monoisotopic (exact) mass is 310 g/mol. The van der Waals surface area contributed by atoms with Gasteiger partial charge in [-0.25, -0.2) is 0 Å². The van der Waals surface area contributed by atoms with Gasteiger partial charge in [0.2, 0.25) is 0 Å². The van der Waals surface area contributed by atoms with Crippen LogP contribution in [-0.2, 0) is 0 Å². The lowest BCUT2D eigenvalue weighted by Crippen LogP contribution is -2.31. The Bertz CT molecular complexity index is 465. The fourth-order valence-electron chi connectivity index (χ4n) is 1.95. The van der Waals surface area contributed by atoms with E-state index in [1.54, 1.807) is 4.90 Å². The summed E-state index contributed by atoms with van der Waals surface area (Å²) in [5.41, 5.74) is 6.02. The number of nitrogens with two attached hydrogens (primary N) is 1. The zero-order chi connectivity index (χ0) is 14.0. The third-order valence-corrected chi connectivity index (χ3v) is 2.85. The van der Waals surface area contributed by atoms with Gasteiger partial charge >= 0.3 is 6.36 Å². The van der Waals surface area contributed by atoms with Crippen molar-refractivity contribution in [2.75, 3.05) is 13.1 Å². The van der Waals surface area contributed by atoms with Gasteiger partial charge in [0.1, 0.15) is 5.75 Å². The van der Waals surface area contributed by atoms with Crippen LogP contribution >= 0.6 is 12.4 Å². The van der Waals surface area contributed by atoms with E-state index in [1.807, 2.05) is 0 Å². The van der Waals surface area contributed by atoms with Gasteiger partial charge in [0.15, 0.2) is 0 Å². The maximum Gasteiger partial charge on any atom is 0.573 e. The molecule has 0 aliphatic carbocycles. The Hall–Kier alpha value is -1.47. The van der Waals surface area contributed by atoms with E-state index >= 15 is 0 Å². The van der Waals surface area contributed by atoms with Crippen LogP contribution in [0.25, 0.3) is 0 Å². The van der Waals surface area contributed by atoms with E-state index in [0.29, 0.717) is 18.7 Å². The van der Waals surface area contributed by atoms with E-state index < -0.39 is 6.36 Å². The molecule has 1 fully saturated rings. The van der Waals surface area contributed by atoms with Gasteiger partial charge in [0.05, 0.1) is 0 Å². The molecule has 2 N–H and O–H groups in total. The van der Waals surface area contributed by atoms with Crippen molar-refractivity contribution in [1.82, 2.24) is 4.90 Å². The van der Waals surface area contributed by atoms with Crippen LogP contribution in [0.5, 0.6) is 5.75 Å². The normalized spacial score (nSPS) is 18.6. The van der Waals surface area contributed by atoms with Crippen molar-refractivity contribution in [1.29, 1.82) is 0 Å². The second kappa shape index (κ2) is 6.32. The number of likely N-dealkylation sites (tertiary alicyclic amines) is 1. The van der Waals surface area contributed by atoms with Crippen LogP contribution in [0.1, 0.15) is 16.8 Å². The molecule has 2 rings (SSSR count). The predicted octanol–water partition coefficient (Wildman–Crippen LogP) is 2.18. The number of rotatable bonds is 2. The molecule has 1 atom stereocenters. The summed E-state index contributed by atoms with van der Waals surface area (Å²) in [5.74, 6) is -0.575. The van der Waals surface area contributed by atoms with Gasteiger partial charge in [-0.2, -0.15) is 0 Å². The number of hydrogen-bond donors (Lipinski definition) is 1. The van der Waals surface area contributed by atoms with Crippen LogP contribution in [0, 0.1) is 0 Å². The summed E-state index contributed by atoms with van der Waals surface area (Å²) in [6.45, 7) is 1.04. The zero-order valence-electron chi connectivity index (χ0n) is 10.4. The average Bonchev–Trinajstić information content (AvgIpc) is 2.74. The third-order valence-electron chi connectivity index (χ3n) is 2.85. The summed E-state index contributed by atoms with van der Waals surface area (Å²) in [6.07, 6.45) is -3.99. The van der Waals surface area contributed by atoms with Crippen LogP contribution in [0.4, 0.5) is 13.2 Å². The van der Waals surface area contributed by atoms with Crippen molar-refractivity contribution in [2.45, 2.75) is 18.8 Å². The Kier molecular flexibility index (Phi) is 5.24. The molecule has 1 aromatic carbocycles. The van der Waals surface area contributed by atoms with Crippen molar-refractivity contribution in [3.63, 3.8) is 0 Å². The predicted molar refractivity (Wildman–Crippen MR) is 68.9 cm³/mol. The summed E-state index contributed by atoms with van der Waals surface area (Å²) in [7, 11) is 0. The van der Waals surface area contributed by atoms with Gasteiger partial charge in [-0.05, 0) is 30.7 Å². The van der Waals surface area contributed by atoms with Crippen LogP contribution < -0.4 is 10.5 Å². The number of amides is 1. The van der Waals surface area contributed by atoms with Gasteiger partial charge in [-0.1, -0.05) is 0 Å². The molecular formula is C12H14ClF3N2O2. The minimum atomic E-state index is -4.73. The van der Waals surface area contributed by atoms with Gasteiger partial charge < -0.3 is 15.4 Å². The fraction of sp³-hybridized carbons (Fsp3) is 0.417. The lowest BCUT2D eigenvalue weighted by Gasteiger charge is -2.16. The molecule has 20 heavy (non-hydrogen) atoms. The molecule has 1 amide bonds. The second-order valence-electron chi connectivity index (χ2n) is 4.37. The highest BCUT2D eigenvalue weighted by molar-refractivity contribution is 5.94. The van der Waals surface area contributed by atoms with Crippen molar-refractivity contribution < 1.29 is 22.7 Å².